The number of hydrogen-bond donors (Lipinski definition) is 0. The number of carbonyl (C=O) groups is 1. The van der Waals surface area contributed by atoms with Gasteiger partial charge in [0, 0.05) is 17.6 Å². The number of benzene rings is 1. The molecule has 0 spiro atoms. The number of fused-ring (bicyclic) bond motifs is 1. The van der Waals surface area contributed by atoms with Gasteiger partial charge in [0.1, 0.15) is 0 Å². The van der Waals surface area contributed by atoms with Crippen LogP contribution in [0.15, 0.2) is 36.1 Å². The predicted octanol–water partition coefficient (Wildman–Crippen LogP) is 2.35. The Hall–Kier alpha value is -1.57. The maximum absolute atomic E-state index is 11.8. The Morgan fingerprint density at radius 3 is 2.93 bits per heavy atom. The van der Waals surface area contributed by atoms with Gasteiger partial charge in [0.15, 0.2) is 5.78 Å². The average Bonchev–Trinajstić information content (AvgIpc) is 2.54. The Morgan fingerprint density at radius 1 is 1.43 bits per heavy atom. The number of ether oxygens (including phenoxy) is 1. The van der Waals surface area contributed by atoms with Crippen molar-refractivity contribution in [3.8, 4) is 0 Å². The zero-order chi connectivity index (χ0) is 9.97. The molecule has 0 radical (unpaired) electrons. The number of carbonyl (C=O) groups excluding carboxylic acids is 1. The molecule has 14 heavy (non-hydrogen) atoms. The number of allylic oxidation sites excluding steroid dienone is 1. The smallest absolute Gasteiger partial charge is 0.192 e. The van der Waals surface area contributed by atoms with Crippen molar-refractivity contribution in [2.24, 2.45) is 0 Å². The summed E-state index contributed by atoms with van der Waals surface area (Å²) in [6.45, 7) is 2.51. The minimum Gasteiger partial charge on any atom is -0.501 e. The molecule has 1 aliphatic rings. The third-order valence-corrected chi connectivity index (χ3v) is 2.33. The van der Waals surface area contributed by atoms with Gasteiger partial charge >= 0.3 is 0 Å². The van der Waals surface area contributed by atoms with E-state index in [9.17, 15) is 4.79 Å². The standard InChI is InChI=1S/C12H12O2/c1-2-14-8-10-7-9-5-3-4-6-11(9)12(10)13/h3-6,8H,2,7H2,1H3. The van der Waals surface area contributed by atoms with Crippen molar-refractivity contribution < 1.29 is 9.53 Å². The van der Waals surface area contributed by atoms with Crippen LogP contribution in [0.5, 0.6) is 0 Å². The van der Waals surface area contributed by atoms with Gasteiger partial charge in [0.25, 0.3) is 0 Å². The number of hydrogen-bond acceptors (Lipinski definition) is 2. The van der Waals surface area contributed by atoms with Crippen molar-refractivity contribution in [2.75, 3.05) is 6.61 Å². The number of Topliss-reactive ketones (excluding diaryl/α,β-unsaturated/α-hetero) is 1. The molecule has 1 aromatic carbocycles. The lowest BCUT2D eigenvalue weighted by Gasteiger charge is -1.95. The Morgan fingerprint density at radius 2 is 2.21 bits per heavy atom. The third-order valence-electron chi connectivity index (χ3n) is 2.33. The van der Waals surface area contributed by atoms with Crippen LogP contribution >= 0.6 is 0 Å². The first kappa shape index (κ1) is 9.00. The van der Waals surface area contributed by atoms with Crippen LogP contribution in [0.1, 0.15) is 22.8 Å². The second kappa shape index (κ2) is 3.66. The van der Waals surface area contributed by atoms with Gasteiger partial charge in [0.05, 0.1) is 12.9 Å². The molecule has 0 saturated heterocycles. The molecule has 0 bridgehead atoms. The molecule has 2 nitrogen and oxygen atoms in total. The molecule has 0 amide bonds. The van der Waals surface area contributed by atoms with Crippen molar-refractivity contribution in [3.63, 3.8) is 0 Å². The second-order valence-electron chi connectivity index (χ2n) is 3.26. The molecule has 0 heterocycles. The molecule has 0 fully saturated rings. The van der Waals surface area contributed by atoms with E-state index in [0.29, 0.717) is 13.0 Å². The number of rotatable bonds is 2. The summed E-state index contributed by atoms with van der Waals surface area (Å²) in [5.74, 6) is 0.106. The van der Waals surface area contributed by atoms with Crippen LogP contribution in [0.3, 0.4) is 0 Å². The molecule has 1 aliphatic carbocycles. The van der Waals surface area contributed by atoms with E-state index in [2.05, 4.69) is 0 Å². The SMILES string of the molecule is CCOC=C1Cc2ccccc2C1=O. The normalized spacial score (nSPS) is 17.2. The van der Waals surface area contributed by atoms with Crippen LogP contribution in [-0.2, 0) is 11.2 Å². The first-order valence-corrected chi connectivity index (χ1v) is 4.76. The lowest BCUT2D eigenvalue weighted by Crippen LogP contribution is -1.96. The fraction of sp³-hybridized carbons (Fsp3) is 0.250. The van der Waals surface area contributed by atoms with Crippen molar-refractivity contribution in [1.29, 1.82) is 0 Å². The first-order valence-electron chi connectivity index (χ1n) is 4.76. The lowest BCUT2D eigenvalue weighted by atomic mass is 10.1. The zero-order valence-corrected chi connectivity index (χ0v) is 8.12. The van der Waals surface area contributed by atoms with Gasteiger partial charge in [-0.25, -0.2) is 0 Å². The summed E-state index contributed by atoms with van der Waals surface area (Å²) in [7, 11) is 0. The summed E-state index contributed by atoms with van der Waals surface area (Å²) in [5.41, 5.74) is 2.68. The van der Waals surface area contributed by atoms with Crippen LogP contribution < -0.4 is 0 Å². The maximum Gasteiger partial charge on any atom is 0.192 e. The van der Waals surface area contributed by atoms with E-state index < -0.39 is 0 Å². The molecule has 0 aliphatic heterocycles. The molecule has 0 aromatic heterocycles. The fourth-order valence-electron chi connectivity index (χ4n) is 1.63. The molecule has 1 aromatic rings. The molecule has 0 saturated carbocycles. The van der Waals surface area contributed by atoms with Crippen LogP contribution in [0.4, 0.5) is 0 Å². The quantitative estimate of drug-likeness (QED) is 0.526. The van der Waals surface area contributed by atoms with E-state index in [0.717, 1.165) is 16.7 Å². The third kappa shape index (κ3) is 1.43. The van der Waals surface area contributed by atoms with Crippen molar-refractivity contribution in [2.45, 2.75) is 13.3 Å². The molecule has 0 N–H and O–H groups in total. The van der Waals surface area contributed by atoms with Crippen molar-refractivity contribution in [1.82, 2.24) is 0 Å². The second-order valence-corrected chi connectivity index (χ2v) is 3.26. The molecule has 2 rings (SSSR count). The van der Waals surface area contributed by atoms with Crippen LogP contribution in [-0.4, -0.2) is 12.4 Å². The van der Waals surface area contributed by atoms with E-state index in [1.54, 1.807) is 6.26 Å². The molecular weight excluding hydrogens is 176 g/mol. The van der Waals surface area contributed by atoms with E-state index in [4.69, 9.17) is 4.74 Å². The van der Waals surface area contributed by atoms with Gasteiger partial charge in [-0.1, -0.05) is 24.3 Å². The summed E-state index contributed by atoms with van der Waals surface area (Å²) >= 11 is 0. The highest BCUT2D eigenvalue weighted by atomic mass is 16.5. The van der Waals surface area contributed by atoms with Gasteiger partial charge in [0.2, 0.25) is 0 Å². The highest BCUT2D eigenvalue weighted by Crippen LogP contribution is 2.25. The molecule has 0 unspecified atom stereocenters. The topological polar surface area (TPSA) is 26.3 Å². The fourth-order valence-corrected chi connectivity index (χ4v) is 1.63. The Balaban J connectivity index is 2.30. The van der Waals surface area contributed by atoms with E-state index >= 15 is 0 Å². The molecule has 0 atom stereocenters. The summed E-state index contributed by atoms with van der Waals surface area (Å²) < 4.78 is 5.14. The van der Waals surface area contributed by atoms with Crippen LogP contribution in [0.2, 0.25) is 0 Å². The summed E-state index contributed by atoms with van der Waals surface area (Å²) in [4.78, 5) is 11.8. The van der Waals surface area contributed by atoms with Gasteiger partial charge in [-0.15, -0.1) is 0 Å². The zero-order valence-electron chi connectivity index (χ0n) is 8.12. The molecule has 72 valence electrons. The van der Waals surface area contributed by atoms with Gasteiger partial charge in [-0.05, 0) is 12.5 Å². The Kier molecular flexibility index (Phi) is 2.35. The highest BCUT2D eigenvalue weighted by molar-refractivity contribution is 6.12. The largest absolute Gasteiger partial charge is 0.501 e. The van der Waals surface area contributed by atoms with E-state index in [1.807, 2.05) is 31.2 Å². The lowest BCUT2D eigenvalue weighted by molar-refractivity contribution is 0.103. The first-order chi connectivity index (χ1) is 6.83. The summed E-state index contributed by atoms with van der Waals surface area (Å²) in [5, 5.41) is 0. The Bertz CT molecular complexity index is 391. The van der Waals surface area contributed by atoms with E-state index in [1.165, 1.54) is 0 Å². The minimum atomic E-state index is 0.106. The Labute approximate surface area is 83.2 Å². The average molecular weight is 188 g/mol. The molecular formula is C12H12O2. The minimum absolute atomic E-state index is 0.106. The highest BCUT2D eigenvalue weighted by Gasteiger charge is 2.24. The molecule has 2 heteroatoms. The maximum atomic E-state index is 11.8. The van der Waals surface area contributed by atoms with Gasteiger partial charge in [-0.3, -0.25) is 4.79 Å². The monoisotopic (exact) mass is 188 g/mol. The van der Waals surface area contributed by atoms with Crippen LogP contribution in [0, 0.1) is 0 Å². The number of ketones is 1. The van der Waals surface area contributed by atoms with E-state index in [-0.39, 0.29) is 5.78 Å². The summed E-state index contributed by atoms with van der Waals surface area (Å²) in [6, 6.07) is 7.69. The van der Waals surface area contributed by atoms with Crippen molar-refractivity contribution >= 4 is 5.78 Å². The summed E-state index contributed by atoms with van der Waals surface area (Å²) in [6.07, 6.45) is 2.29. The van der Waals surface area contributed by atoms with Gasteiger partial charge < -0.3 is 4.74 Å². The van der Waals surface area contributed by atoms with Crippen molar-refractivity contribution in [3.05, 3.63) is 47.2 Å². The predicted molar refractivity (Wildman–Crippen MR) is 54.2 cm³/mol. The van der Waals surface area contributed by atoms with Gasteiger partial charge in [-0.2, -0.15) is 0 Å². The van der Waals surface area contributed by atoms with Crippen LogP contribution in [0.25, 0.3) is 0 Å².